The van der Waals surface area contributed by atoms with Gasteiger partial charge in [-0.15, -0.1) is 11.3 Å². The zero-order valence-corrected chi connectivity index (χ0v) is 29.2. The van der Waals surface area contributed by atoms with Gasteiger partial charge in [-0.1, -0.05) is 133 Å². The van der Waals surface area contributed by atoms with Crippen LogP contribution in [0, 0.1) is 0 Å². The maximum Gasteiger partial charge on any atom is 0.0468 e. The van der Waals surface area contributed by atoms with Gasteiger partial charge in [0.1, 0.15) is 0 Å². The molecule has 0 fully saturated rings. The Hall–Kier alpha value is -6.48. The van der Waals surface area contributed by atoms with Crippen LogP contribution in [-0.2, 0) is 0 Å². The average molecular weight is 680 g/mol. The molecule has 0 unspecified atom stereocenters. The first kappa shape index (κ1) is 30.4. The summed E-state index contributed by atoms with van der Waals surface area (Å²) >= 11 is 1.86. The lowest BCUT2D eigenvalue weighted by molar-refractivity contribution is 1.29. The van der Waals surface area contributed by atoms with E-state index >= 15 is 0 Å². The molecule has 9 aromatic carbocycles. The highest BCUT2D eigenvalue weighted by atomic mass is 32.1. The second kappa shape index (κ2) is 12.7. The van der Waals surface area contributed by atoms with Gasteiger partial charge in [0.05, 0.1) is 0 Å². The largest absolute Gasteiger partial charge is 0.310 e. The fourth-order valence-corrected chi connectivity index (χ4v) is 8.77. The van der Waals surface area contributed by atoms with E-state index in [1.807, 2.05) is 11.3 Å². The Morgan fingerprint density at radius 1 is 0.308 bits per heavy atom. The number of rotatable bonds is 6. The van der Waals surface area contributed by atoms with Gasteiger partial charge in [0.25, 0.3) is 0 Å². The molecule has 0 N–H and O–H groups in total. The van der Waals surface area contributed by atoms with Crippen LogP contribution in [0.1, 0.15) is 0 Å². The average Bonchev–Trinajstić information content (AvgIpc) is 3.60. The molecule has 0 saturated heterocycles. The molecule has 10 aromatic rings. The number of fused-ring (bicyclic) bond motifs is 5. The zero-order valence-electron chi connectivity index (χ0n) is 28.4. The molecule has 52 heavy (non-hydrogen) atoms. The summed E-state index contributed by atoms with van der Waals surface area (Å²) in [6.07, 6.45) is 0. The Morgan fingerprint density at radius 2 is 0.865 bits per heavy atom. The second-order valence-electron chi connectivity index (χ2n) is 13.4. The smallest absolute Gasteiger partial charge is 0.0468 e. The van der Waals surface area contributed by atoms with Gasteiger partial charge in [-0.3, -0.25) is 0 Å². The molecule has 0 spiro atoms. The van der Waals surface area contributed by atoms with E-state index in [0.29, 0.717) is 0 Å². The van der Waals surface area contributed by atoms with Crippen molar-refractivity contribution in [3.8, 4) is 33.4 Å². The predicted octanol–water partition coefficient (Wildman–Crippen LogP) is 14.8. The summed E-state index contributed by atoms with van der Waals surface area (Å²) in [5, 5.41) is 7.57. The lowest BCUT2D eigenvalue weighted by Crippen LogP contribution is -2.09. The van der Waals surface area contributed by atoms with Crippen molar-refractivity contribution in [2.45, 2.75) is 0 Å². The molecule has 0 bridgehead atoms. The number of benzene rings is 9. The summed E-state index contributed by atoms with van der Waals surface area (Å²) in [7, 11) is 0. The van der Waals surface area contributed by atoms with E-state index in [1.54, 1.807) is 0 Å². The SMILES string of the molecule is c1ccc(-c2ccc3ccc(-c4ccc5cc(N(c6ccccc6)c6cccc(-c7cccc8sc9ccccc9c78)c6)ccc5c4)cc3c2)cc1. The van der Waals surface area contributed by atoms with Gasteiger partial charge in [-0.25, -0.2) is 0 Å². The fraction of sp³-hybridized carbons (Fsp3) is 0. The van der Waals surface area contributed by atoms with Crippen molar-refractivity contribution in [3.63, 3.8) is 0 Å². The van der Waals surface area contributed by atoms with E-state index < -0.39 is 0 Å². The molecule has 0 atom stereocenters. The van der Waals surface area contributed by atoms with Gasteiger partial charge < -0.3 is 4.90 Å². The van der Waals surface area contributed by atoms with Crippen LogP contribution in [0.25, 0.3) is 75.1 Å². The number of thiophene rings is 1. The zero-order chi connectivity index (χ0) is 34.4. The van der Waals surface area contributed by atoms with Crippen molar-refractivity contribution in [3.05, 3.63) is 200 Å². The predicted molar refractivity (Wildman–Crippen MR) is 225 cm³/mol. The van der Waals surface area contributed by atoms with Crippen molar-refractivity contribution >= 4 is 70.1 Å². The molecular weight excluding hydrogens is 647 g/mol. The Labute approximate surface area is 307 Å². The van der Waals surface area contributed by atoms with Crippen LogP contribution < -0.4 is 4.90 Å². The molecule has 244 valence electrons. The van der Waals surface area contributed by atoms with E-state index in [4.69, 9.17) is 0 Å². The molecule has 0 radical (unpaired) electrons. The minimum Gasteiger partial charge on any atom is -0.310 e. The van der Waals surface area contributed by atoms with Gasteiger partial charge in [-0.05, 0) is 122 Å². The summed E-state index contributed by atoms with van der Waals surface area (Å²) in [5.74, 6) is 0. The van der Waals surface area contributed by atoms with E-state index in [1.165, 1.54) is 75.1 Å². The summed E-state index contributed by atoms with van der Waals surface area (Å²) in [6.45, 7) is 0. The topological polar surface area (TPSA) is 3.24 Å². The van der Waals surface area contributed by atoms with Gasteiger partial charge >= 0.3 is 0 Å². The monoisotopic (exact) mass is 679 g/mol. The molecule has 0 amide bonds. The Bertz CT molecular complexity index is 2910. The minimum absolute atomic E-state index is 1.13. The maximum atomic E-state index is 2.37. The Kier molecular flexibility index (Phi) is 7.41. The van der Waals surface area contributed by atoms with E-state index in [2.05, 4.69) is 205 Å². The third-order valence-electron chi connectivity index (χ3n) is 10.2. The van der Waals surface area contributed by atoms with Gasteiger partial charge in [0.2, 0.25) is 0 Å². The first-order valence-corrected chi connectivity index (χ1v) is 18.6. The van der Waals surface area contributed by atoms with Crippen molar-refractivity contribution in [2.75, 3.05) is 4.90 Å². The minimum atomic E-state index is 1.13. The summed E-state index contributed by atoms with van der Waals surface area (Å²) in [5.41, 5.74) is 10.8. The van der Waals surface area contributed by atoms with E-state index in [-0.39, 0.29) is 0 Å². The van der Waals surface area contributed by atoms with Crippen LogP contribution in [0.15, 0.2) is 200 Å². The van der Waals surface area contributed by atoms with Crippen LogP contribution in [0.3, 0.4) is 0 Å². The highest BCUT2D eigenvalue weighted by Crippen LogP contribution is 2.43. The number of nitrogens with zero attached hydrogens (tertiary/aromatic N) is 1. The van der Waals surface area contributed by atoms with Crippen LogP contribution in [-0.4, -0.2) is 0 Å². The van der Waals surface area contributed by atoms with Gasteiger partial charge in [-0.2, -0.15) is 0 Å². The summed E-state index contributed by atoms with van der Waals surface area (Å²) < 4.78 is 2.64. The molecule has 2 heteroatoms. The van der Waals surface area contributed by atoms with Crippen molar-refractivity contribution in [1.82, 2.24) is 0 Å². The normalized spacial score (nSPS) is 11.5. The first-order chi connectivity index (χ1) is 25.7. The lowest BCUT2D eigenvalue weighted by Gasteiger charge is -2.26. The molecule has 0 saturated carbocycles. The number of hydrogen-bond donors (Lipinski definition) is 0. The van der Waals surface area contributed by atoms with E-state index in [0.717, 1.165) is 17.1 Å². The number of hydrogen-bond acceptors (Lipinski definition) is 2. The fourth-order valence-electron chi connectivity index (χ4n) is 7.64. The lowest BCUT2D eigenvalue weighted by atomic mass is 9.96. The maximum absolute atomic E-state index is 2.37. The van der Waals surface area contributed by atoms with Crippen molar-refractivity contribution < 1.29 is 0 Å². The van der Waals surface area contributed by atoms with Crippen LogP contribution in [0.2, 0.25) is 0 Å². The van der Waals surface area contributed by atoms with Crippen LogP contribution >= 0.6 is 11.3 Å². The van der Waals surface area contributed by atoms with Gasteiger partial charge in [0, 0.05) is 37.2 Å². The van der Waals surface area contributed by atoms with Crippen LogP contribution in [0.4, 0.5) is 17.1 Å². The molecule has 1 aromatic heterocycles. The van der Waals surface area contributed by atoms with Gasteiger partial charge in [0.15, 0.2) is 0 Å². The van der Waals surface area contributed by atoms with Crippen molar-refractivity contribution in [2.24, 2.45) is 0 Å². The summed E-state index contributed by atoms with van der Waals surface area (Å²) in [6, 6.07) is 72.9. The quantitative estimate of drug-likeness (QED) is 0.169. The summed E-state index contributed by atoms with van der Waals surface area (Å²) in [4.78, 5) is 2.37. The second-order valence-corrected chi connectivity index (χ2v) is 14.5. The third kappa shape index (κ3) is 5.42. The number of para-hydroxylation sites is 1. The standard InChI is InChI=1S/C50H33NS/c1-3-11-34(12-4-1)36-23-21-35-22-24-38(31-42(35)30-36)37-25-26-40-32-45(28-27-39(40)29-37)51(43-14-5-2-6-15-43)44-16-9-13-41(33-44)46-18-10-20-49-50(46)47-17-7-8-19-48(47)52-49/h1-33H. The molecule has 0 aliphatic carbocycles. The first-order valence-electron chi connectivity index (χ1n) is 17.7. The van der Waals surface area contributed by atoms with Crippen molar-refractivity contribution in [1.29, 1.82) is 0 Å². The van der Waals surface area contributed by atoms with Crippen LogP contribution in [0.5, 0.6) is 0 Å². The third-order valence-corrected chi connectivity index (χ3v) is 11.3. The molecule has 1 heterocycles. The highest BCUT2D eigenvalue weighted by Gasteiger charge is 2.16. The molecule has 1 nitrogen and oxygen atoms in total. The molecule has 0 aliphatic heterocycles. The highest BCUT2D eigenvalue weighted by molar-refractivity contribution is 7.25. The molecular formula is C50H33NS. The molecule has 10 rings (SSSR count). The van der Waals surface area contributed by atoms with E-state index in [9.17, 15) is 0 Å². The molecule has 0 aliphatic rings. The Morgan fingerprint density at radius 3 is 1.67 bits per heavy atom. The number of anilines is 3. The Balaban J connectivity index is 1.04.